The third kappa shape index (κ3) is 3.07. The Kier molecular flexibility index (Phi) is 4.21. The molecule has 0 aromatic heterocycles. The van der Waals surface area contributed by atoms with Gasteiger partial charge in [0.1, 0.15) is 5.82 Å². The fraction of sp³-hybridized carbons (Fsp3) is 0.188. The molecule has 0 aliphatic heterocycles. The first-order chi connectivity index (χ1) is 9.63. The Bertz CT molecular complexity index is 629. The molecule has 2 aromatic carbocycles. The topological polar surface area (TPSA) is 53.0 Å². The third-order valence-electron chi connectivity index (χ3n) is 3.15. The molecule has 2 rings (SSSR count). The molecular formula is C16H16FN3. The molecule has 0 bridgehead atoms. The monoisotopic (exact) mass is 269 g/mol. The number of hydrogen-bond donors (Lipinski definition) is 1. The van der Waals surface area contributed by atoms with Crippen molar-refractivity contribution >= 4 is 11.4 Å². The van der Waals surface area contributed by atoms with Crippen LogP contribution in [0.5, 0.6) is 0 Å². The smallest absolute Gasteiger partial charge is 0.147 e. The Balaban J connectivity index is 2.24. The summed E-state index contributed by atoms with van der Waals surface area (Å²) in [6.07, 6.45) is 0. The Hall–Kier alpha value is -2.54. The zero-order chi connectivity index (χ0) is 14.5. The van der Waals surface area contributed by atoms with Crippen LogP contribution in [0.25, 0.3) is 0 Å². The summed E-state index contributed by atoms with van der Waals surface area (Å²) < 4.78 is 14.0. The second-order valence-electron chi connectivity index (χ2n) is 4.53. The van der Waals surface area contributed by atoms with Crippen LogP contribution >= 0.6 is 0 Å². The predicted molar refractivity (Wildman–Crippen MR) is 78.7 cm³/mol. The molecule has 0 fully saturated rings. The van der Waals surface area contributed by atoms with Gasteiger partial charge < -0.3 is 10.6 Å². The summed E-state index contributed by atoms with van der Waals surface area (Å²) in [6.45, 7) is 3.24. The number of anilines is 2. The summed E-state index contributed by atoms with van der Waals surface area (Å²) in [6, 6.07) is 14.0. The minimum Gasteiger partial charge on any atom is -0.399 e. The molecule has 0 spiro atoms. The lowest BCUT2D eigenvalue weighted by atomic mass is 10.1. The van der Waals surface area contributed by atoms with Crippen molar-refractivity contribution in [2.24, 2.45) is 0 Å². The molecule has 0 aliphatic carbocycles. The van der Waals surface area contributed by atoms with E-state index in [2.05, 4.69) is 0 Å². The fourth-order valence-corrected chi connectivity index (χ4v) is 2.04. The largest absolute Gasteiger partial charge is 0.399 e. The van der Waals surface area contributed by atoms with Gasteiger partial charge in [0.2, 0.25) is 0 Å². The molecule has 4 heteroatoms. The third-order valence-corrected chi connectivity index (χ3v) is 3.15. The summed E-state index contributed by atoms with van der Waals surface area (Å²) in [4.78, 5) is 1.92. The van der Waals surface area contributed by atoms with Crippen molar-refractivity contribution in [3.63, 3.8) is 0 Å². The van der Waals surface area contributed by atoms with Crippen molar-refractivity contribution < 1.29 is 4.39 Å². The first kappa shape index (κ1) is 13.9. The van der Waals surface area contributed by atoms with Gasteiger partial charge in [-0.3, -0.25) is 0 Å². The van der Waals surface area contributed by atoms with Crippen LogP contribution in [0, 0.1) is 17.1 Å². The lowest BCUT2D eigenvalue weighted by Crippen LogP contribution is -2.23. The molecule has 2 aromatic rings. The fourth-order valence-electron chi connectivity index (χ4n) is 2.04. The summed E-state index contributed by atoms with van der Waals surface area (Å²) in [5.74, 6) is -0.374. The van der Waals surface area contributed by atoms with E-state index in [9.17, 15) is 4.39 Å². The van der Waals surface area contributed by atoms with Crippen LogP contribution in [0.1, 0.15) is 18.1 Å². The molecule has 0 saturated heterocycles. The summed E-state index contributed by atoms with van der Waals surface area (Å²) in [5.41, 5.74) is 8.25. The van der Waals surface area contributed by atoms with Crippen LogP contribution in [-0.4, -0.2) is 6.54 Å². The highest BCUT2D eigenvalue weighted by molar-refractivity contribution is 5.52. The summed E-state index contributed by atoms with van der Waals surface area (Å²) in [5, 5.41) is 8.77. The van der Waals surface area contributed by atoms with Gasteiger partial charge in [0, 0.05) is 18.8 Å². The quantitative estimate of drug-likeness (QED) is 0.866. The Morgan fingerprint density at radius 1 is 1.20 bits per heavy atom. The molecule has 0 radical (unpaired) electrons. The first-order valence-corrected chi connectivity index (χ1v) is 6.43. The van der Waals surface area contributed by atoms with Gasteiger partial charge in [0.05, 0.1) is 17.3 Å². The van der Waals surface area contributed by atoms with Crippen LogP contribution in [0.15, 0.2) is 42.5 Å². The van der Waals surface area contributed by atoms with Crippen molar-refractivity contribution in [3.05, 3.63) is 59.4 Å². The van der Waals surface area contributed by atoms with Gasteiger partial charge in [-0.1, -0.05) is 12.1 Å². The van der Waals surface area contributed by atoms with Crippen molar-refractivity contribution in [3.8, 4) is 6.07 Å². The molecule has 102 valence electrons. The van der Waals surface area contributed by atoms with E-state index in [1.165, 1.54) is 6.07 Å². The van der Waals surface area contributed by atoms with E-state index in [1.807, 2.05) is 42.2 Å². The Morgan fingerprint density at radius 2 is 1.90 bits per heavy atom. The van der Waals surface area contributed by atoms with E-state index in [0.717, 1.165) is 5.56 Å². The molecule has 20 heavy (non-hydrogen) atoms. The van der Waals surface area contributed by atoms with Crippen LogP contribution < -0.4 is 10.6 Å². The number of halogens is 1. The zero-order valence-electron chi connectivity index (χ0n) is 11.3. The Morgan fingerprint density at radius 3 is 2.45 bits per heavy atom. The average molecular weight is 269 g/mol. The second kappa shape index (κ2) is 6.07. The van der Waals surface area contributed by atoms with Gasteiger partial charge in [-0.25, -0.2) is 4.39 Å². The van der Waals surface area contributed by atoms with Crippen molar-refractivity contribution in [1.29, 1.82) is 5.26 Å². The SMILES string of the molecule is CCN(Cc1ccc(N)cc1)c1ccc(C#N)cc1F. The molecule has 2 N–H and O–H groups in total. The van der Waals surface area contributed by atoms with Crippen LogP contribution in [0.2, 0.25) is 0 Å². The highest BCUT2D eigenvalue weighted by atomic mass is 19.1. The molecule has 0 aliphatic rings. The van der Waals surface area contributed by atoms with E-state index in [0.29, 0.717) is 30.0 Å². The van der Waals surface area contributed by atoms with Crippen molar-refractivity contribution in [1.82, 2.24) is 0 Å². The number of hydrogen-bond acceptors (Lipinski definition) is 3. The number of benzene rings is 2. The number of nitrogens with zero attached hydrogens (tertiary/aromatic N) is 2. The molecule has 0 saturated carbocycles. The number of nitrogens with two attached hydrogens (primary N) is 1. The summed E-state index contributed by atoms with van der Waals surface area (Å²) in [7, 11) is 0. The number of rotatable bonds is 4. The van der Waals surface area contributed by atoms with Crippen molar-refractivity contribution in [2.45, 2.75) is 13.5 Å². The predicted octanol–water partition coefficient (Wildman–Crippen LogP) is 3.31. The highest BCUT2D eigenvalue weighted by Crippen LogP contribution is 2.22. The van der Waals surface area contributed by atoms with Gasteiger partial charge >= 0.3 is 0 Å². The van der Waals surface area contributed by atoms with Gasteiger partial charge in [0.15, 0.2) is 0 Å². The average Bonchev–Trinajstić information content (AvgIpc) is 2.47. The summed E-state index contributed by atoms with van der Waals surface area (Å²) >= 11 is 0. The Labute approximate surface area is 118 Å². The van der Waals surface area contributed by atoms with Gasteiger partial charge in [0.25, 0.3) is 0 Å². The van der Waals surface area contributed by atoms with Gasteiger partial charge in [-0.05, 0) is 42.8 Å². The number of nitrogen functional groups attached to an aromatic ring is 1. The van der Waals surface area contributed by atoms with Gasteiger partial charge in [-0.2, -0.15) is 5.26 Å². The lowest BCUT2D eigenvalue weighted by molar-refractivity contribution is 0.617. The standard InChI is InChI=1S/C16H16FN3/c1-2-20(11-12-3-6-14(19)7-4-12)16-8-5-13(10-18)9-15(16)17/h3-9H,2,11,19H2,1H3. The maximum Gasteiger partial charge on any atom is 0.147 e. The normalized spacial score (nSPS) is 10.1. The van der Waals surface area contributed by atoms with E-state index >= 15 is 0 Å². The maximum absolute atomic E-state index is 14.0. The minimum absolute atomic E-state index is 0.329. The maximum atomic E-state index is 14.0. The van der Waals surface area contributed by atoms with E-state index in [1.54, 1.807) is 12.1 Å². The van der Waals surface area contributed by atoms with Crippen LogP contribution in [0.3, 0.4) is 0 Å². The molecule has 0 amide bonds. The van der Waals surface area contributed by atoms with E-state index in [-0.39, 0.29) is 5.82 Å². The second-order valence-corrected chi connectivity index (χ2v) is 4.53. The van der Waals surface area contributed by atoms with Crippen molar-refractivity contribution in [2.75, 3.05) is 17.2 Å². The van der Waals surface area contributed by atoms with Crippen LogP contribution in [0.4, 0.5) is 15.8 Å². The molecule has 0 heterocycles. The highest BCUT2D eigenvalue weighted by Gasteiger charge is 2.11. The molecule has 0 unspecified atom stereocenters. The van der Waals surface area contributed by atoms with E-state index in [4.69, 9.17) is 11.0 Å². The molecule has 0 atom stereocenters. The van der Waals surface area contributed by atoms with E-state index < -0.39 is 0 Å². The minimum atomic E-state index is -0.374. The first-order valence-electron chi connectivity index (χ1n) is 6.43. The molecule has 3 nitrogen and oxygen atoms in total. The van der Waals surface area contributed by atoms with Gasteiger partial charge in [-0.15, -0.1) is 0 Å². The lowest BCUT2D eigenvalue weighted by Gasteiger charge is -2.24. The van der Waals surface area contributed by atoms with Crippen LogP contribution in [-0.2, 0) is 6.54 Å². The molecular weight excluding hydrogens is 253 g/mol. The zero-order valence-corrected chi connectivity index (χ0v) is 11.3. The number of nitriles is 1.